The van der Waals surface area contributed by atoms with Crippen LogP contribution in [0.15, 0.2) is 29.3 Å². The SMILES string of the molecule is Cc1nc(C)c(C(=O)NCCn2nc(-c3cccnc3)n(C3CC3)c2=O)s1. The van der Waals surface area contributed by atoms with Gasteiger partial charge in [0.05, 0.1) is 17.2 Å². The monoisotopic (exact) mass is 384 g/mol. The van der Waals surface area contributed by atoms with Crippen LogP contribution in [0.3, 0.4) is 0 Å². The second kappa shape index (κ2) is 7.07. The van der Waals surface area contributed by atoms with Gasteiger partial charge in [-0.05, 0) is 38.8 Å². The van der Waals surface area contributed by atoms with Crippen molar-refractivity contribution in [3.63, 3.8) is 0 Å². The molecule has 0 saturated heterocycles. The van der Waals surface area contributed by atoms with Gasteiger partial charge in [0, 0.05) is 30.5 Å². The number of pyridine rings is 1. The van der Waals surface area contributed by atoms with E-state index in [1.807, 2.05) is 26.0 Å². The zero-order chi connectivity index (χ0) is 19.0. The molecule has 27 heavy (non-hydrogen) atoms. The van der Waals surface area contributed by atoms with Crippen LogP contribution in [0, 0.1) is 13.8 Å². The molecule has 0 atom stereocenters. The van der Waals surface area contributed by atoms with E-state index in [-0.39, 0.29) is 17.6 Å². The predicted molar refractivity (Wildman–Crippen MR) is 102 cm³/mol. The molecule has 0 radical (unpaired) electrons. The predicted octanol–water partition coefficient (Wildman–Crippen LogP) is 1.95. The Labute approximate surface area is 159 Å². The van der Waals surface area contributed by atoms with Crippen molar-refractivity contribution in [3.8, 4) is 11.4 Å². The Hall–Kier alpha value is -2.81. The summed E-state index contributed by atoms with van der Waals surface area (Å²) in [6, 6.07) is 3.93. The quantitative estimate of drug-likeness (QED) is 0.701. The molecule has 0 bridgehead atoms. The first kappa shape index (κ1) is 17.6. The van der Waals surface area contributed by atoms with E-state index in [2.05, 4.69) is 20.4 Å². The molecule has 140 valence electrons. The molecule has 0 aliphatic heterocycles. The summed E-state index contributed by atoms with van der Waals surface area (Å²) in [6.45, 7) is 4.33. The number of carbonyl (C=O) groups excluding carboxylic acids is 1. The van der Waals surface area contributed by atoms with Gasteiger partial charge >= 0.3 is 5.69 Å². The van der Waals surface area contributed by atoms with E-state index in [1.54, 1.807) is 17.0 Å². The zero-order valence-electron chi connectivity index (χ0n) is 15.2. The van der Waals surface area contributed by atoms with E-state index in [0.29, 0.717) is 23.8 Å². The highest BCUT2D eigenvalue weighted by atomic mass is 32.1. The van der Waals surface area contributed by atoms with Crippen molar-refractivity contribution < 1.29 is 4.79 Å². The lowest BCUT2D eigenvalue weighted by Crippen LogP contribution is -2.32. The van der Waals surface area contributed by atoms with E-state index < -0.39 is 0 Å². The van der Waals surface area contributed by atoms with Gasteiger partial charge in [0.15, 0.2) is 5.82 Å². The van der Waals surface area contributed by atoms with Crippen molar-refractivity contribution >= 4 is 17.2 Å². The largest absolute Gasteiger partial charge is 0.349 e. The minimum atomic E-state index is -0.166. The lowest BCUT2D eigenvalue weighted by molar-refractivity contribution is 0.0955. The van der Waals surface area contributed by atoms with Crippen molar-refractivity contribution in [2.24, 2.45) is 0 Å². The van der Waals surface area contributed by atoms with Gasteiger partial charge in [-0.15, -0.1) is 16.4 Å². The molecule has 1 aliphatic carbocycles. The number of carbonyl (C=O) groups is 1. The lowest BCUT2D eigenvalue weighted by Gasteiger charge is -2.03. The van der Waals surface area contributed by atoms with Gasteiger partial charge in [-0.3, -0.25) is 14.3 Å². The van der Waals surface area contributed by atoms with E-state index in [9.17, 15) is 9.59 Å². The summed E-state index contributed by atoms with van der Waals surface area (Å²) in [5, 5.41) is 8.21. The summed E-state index contributed by atoms with van der Waals surface area (Å²) < 4.78 is 3.17. The standard InChI is InChI=1S/C18H20N6O2S/c1-11-15(27-12(2)21-11)17(25)20-8-9-23-18(26)24(14-5-6-14)16(22-23)13-4-3-7-19-10-13/h3-4,7,10,14H,5-6,8-9H2,1-2H3,(H,20,25). The first-order valence-corrected chi connectivity index (χ1v) is 9.68. The average molecular weight is 384 g/mol. The molecule has 1 fully saturated rings. The smallest absolute Gasteiger partial charge is 0.346 e. The molecular weight excluding hydrogens is 364 g/mol. The summed E-state index contributed by atoms with van der Waals surface area (Å²) in [7, 11) is 0. The van der Waals surface area contributed by atoms with Crippen molar-refractivity contribution in [2.75, 3.05) is 6.54 Å². The summed E-state index contributed by atoms with van der Waals surface area (Å²) in [5.41, 5.74) is 1.40. The highest BCUT2D eigenvalue weighted by Crippen LogP contribution is 2.36. The molecule has 0 aromatic carbocycles. The van der Waals surface area contributed by atoms with Crippen molar-refractivity contribution in [1.82, 2.24) is 29.6 Å². The Kier molecular flexibility index (Phi) is 4.61. The second-order valence-electron chi connectivity index (χ2n) is 6.58. The Balaban J connectivity index is 1.50. The molecule has 1 N–H and O–H groups in total. The number of nitrogens with one attached hydrogen (secondary N) is 1. The Bertz CT molecular complexity index is 1030. The molecule has 0 spiro atoms. The number of rotatable bonds is 6. The van der Waals surface area contributed by atoms with Crippen LogP contribution < -0.4 is 11.0 Å². The first-order valence-electron chi connectivity index (χ1n) is 8.86. The third kappa shape index (κ3) is 3.55. The number of thiazole rings is 1. The van der Waals surface area contributed by atoms with Crippen LogP contribution in [-0.4, -0.2) is 36.8 Å². The minimum Gasteiger partial charge on any atom is -0.349 e. The maximum absolute atomic E-state index is 12.8. The fraction of sp³-hybridized carbons (Fsp3) is 0.389. The normalized spacial score (nSPS) is 13.7. The Morgan fingerprint density at radius 1 is 1.37 bits per heavy atom. The van der Waals surface area contributed by atoms with Crippen molar-refractivity contribution in [2.45, 2.75) is 39.3 Å². The van der Waals surface area contributed by atoms with Gasteiger partial charge < -0.3 is 5.32 Å². The van der Waals surface area contributed by atoms with E-state index >= 15 is 0 Å². The molecule has 1 saturated carbocycles. The molecule has 4 rings (SSSR count). The van der Waals surface area contributed by atoms with E-state index in [1.165, 1.54) is 16.0 Å². The van der Waals surface area contributed by atoms with Crippen LogP contribution in [0.1, 0.15) is 39.3 Å². The van der Waals surface area contributed by atoms with Crippen LogP contribution in [0.4, 0.5) is 0 Å². The maximum Gasteiger partial charge on any atom is 0.346 e. The number of hydrogen-bond acceptors (Lipinski definition) is 6. The number of aryl methyl sites for hydroxylation is 2. The molecule has 8 nitrogen and oxygen atoms in total. The second-order valence-corrected chi connectivity index (χ2v) is 7.78. The molecule has 1 aliphatic rings. The molecule has 3 aromatic heterocycles. The topological polar surface area (TPSA) is 94.7 Å². The summed E-state index contributed by atoms with van der Waals surface area (Å²) in [4.78, 5) is 34.1. The number of nitrogens with zero attached hydrogens (tertiary/aromatic N) is 5. The van der Waals surface area contributed by atoms with Gasteiger partial charge in [-0.1, -0.05) is 0 Å². The fourth-order valence-electron chi connectivity index (χ4n) is 3.02. The van der Waals surface area contributed by atoms with Crippen molar-refractivity contribution in [3.05, 3.63) is 50.6 Å². The van der Waals surface area contributed by atoms with Crippen LogP contribution in [0.25, 0.3) is 11.4 Å². The summed E-state index contributed by atoms with van der Waals surface area (Å²) in [5.74, 6) is 0.469. The van der Waals surface area contributed by atoms with Gasteiger partial charge in [-0.2, -0.15) is 0 Å². The van der Waals surface area contributed by atoms with Crippen LogP contribution in [0.5, 0.6) is 0 Å². The van der Waals surface area contributed by atoms with Gasteiger partial charge in [0.2, 0.25) is 0 Å². The van der Waals surface area contributed by atoms with Crippen LogP contribution in [0.2, 0.25) is 0 Å². The van der Waals surface area contributed by atoms with Gasteiger partial charge in [-0.25, -0.2) is 14.5 Å². The summed E-state index contributed by atoms with van der Waals surface area (Å²) in [6.07, 6.45) is 5.37. The molecule has 3 heterocycles. The number of amides is 1. The third-order valence-electron chi connectivity index (χ3n) is 4.42. The van der Waals surface area contributed by atoms with Crippen molar-refractivity contribution in [1.29, 1.82) is 0 Å². The molecule has 0 unspecified atom stereocenters. The molecule has 1 amide bonds. The Morgan fingerprint density at radius 2 is 2.19 bits per heavy atom. The highest BCUT2D eigenvalue weighted by Gasteiger charge is 2.30. The highest BCUT2D eigenvalue weighted by molar-refractivity contribution is 7.13. The van der Waals surface area contributed by atoms with E-state index in [0.717, 1.165) is 29.1 Å². The maximum atomic E-state index is 12.8. The summed E-state index contributed by atoms with van der Waals surface area (Å²) >= 11 is 1.37. The molecule has 3 aromatic rings. The van der Waals surface area contributed by atoms with Gasteiger partial charge in [0.1, 0.15) is 4.88 Å². The fourth-order valence-corrected chi connectivity index (χ4v) is 3.85. The Morgan fingerprint density at radius 3 is 2.81 bits per heavy atom. The third-order valence-corrected chi connectivity index (χ3v) is 5.49. The number of hydrogen-bond donors (Lipinski definition) is 1. The first-order chi connectivity index (χ1) is 13.0. The zero-order valence-corrected chi connectivity index (χ0v) is 16.0. The van der Waals surface area contributed by atoms with E-state index in [4.69, 9.17) is 0 Å². The van der Waals surface area contributed by atoms with Gasteiger partial charge in [0.25, 0.3) is 5.91 Å². The van der Waals surface area contributed by atoms with Crippen LogP contribution in [-0.2, 0) is 6.54 Å². The minimum absolute atomic E-state index is 0.143. The van der Waals surface area contributed by atoms with Crippen LogP contribution >= 0.6 is 11.3 Å². The molecular formula is C18H20N6O2S. The lowest BCUT2D eigenvalue weighted by atomic mass is 10.3. The molecule has 9 heteroatoms. The number of aromatic nitrogens is 5. The average Bonchev–Trinajstić information content (AvgIpc) is 3.36.